The monoisotopic (exact) mass is 202 g/mol. The number of amidine groups is 1. The van der Waals surface area contributed by atoms with Gasteiger partial charge in [0.2, 0.25) is 0 Å². The predicted molar refractivity (Wildman–Crippen MR) is 46.9 cm³/mol. The minimum Gasteiger partial charge on any atom is -0.357 e. The van der Waals surface area contributed by atoms with Crippen LogP contribution in [0, 0.1) is 5.41 Å². The first-order valence-corrected chi connectivity index (χ1v) is 4.53. The zero-order valence-corrected chi connectivity index (χ0v) is 7.39. The van der Waals surface area contributed by atoms with Crippen molar-refractivity contribution in [2.45, 2.75) is 6.42 Å². The summed E-state index contributed by atoms with van der Waals surface area (Å²) in [5.74, 6) is 0.644. The maximum atomic E-state index is 7.47. The molecule has 0 aromatic carbocycles. The van der Waals surface area contributed by atoms with E-state index in [0.717, 1.165) is 18.4 Å². The van der Waals surface area contributed by atoms with Gasteiger partial charge in [0.15, 0.2) is 0 Å². The number of hydrogen-bond donors (Lipinski definition) is 1. The molecule has 0 atom stereocenters. The molecule has 1 heterocycles. The zero-order valence-electron chi connectivity index (χ0n) is 5.81. The van der Waals surface area contributed by atoms with Gasteiger partial charge in [0.25, 0.3) is 0 Å². The summed E-state index contributed by atoms with van der Waals surface area (Å²) in [6.45, 7) is 2.12. The largest absolute Gasteiger partial charge is 0.357 e. The smallest absolute Gasteiger partial charge is 0.120 e. The van der Waals surface area contributed by atoms with E-state index in [1.54, 1.807) is 0 Å². The Morgan fingerprint density at radius 3 is 2.70 bits per heavy atom. The number of hydrogen-bond acceptors (Lipinski definition) is 1. The molecule has 0 aromatic heterocycles. The van der Waals surface area contributed by atoms with Gasteiger partial charge in [0.1, 0.15) is 5.84 Å². The van der Waals surface area contributed by atoms with Gasteiger partial charge in [-0.25, -0.2) is 0 Å². The average molecular weight is 203 g/mol. The molecule has 0 saturated carbocycles. The predicted octanol–water partition coefficient (Wildman–Crippen LogP) is 1.62. The fraction of sp³-hybridized carbons (Fsp3) is 0.571. The van der Waals surface area contributed by atoms with Crippen molar-refractivity contribution < 1.29 is 0 Å². The van der Waals surface area contributed by atoms with Crippen LogP contribution in [0.4, 0.5) is 0 Å². The molecule has 1 saturated heterocycles. The van der Waals surface area contributed by atoms with E-state index < -0.39 is 0 Å². The van der Waals surface area contributed by atoms with E-state index in [-0.39, 0.29) is 0 Å². The van der Waals surface area contributed by atoms with E-state index in [4.69, 9.17) is 5.41 Å². The van der Waals surface area contributed by atoms with E-state index in [2.05, 4.69) is 20.8 Å². The van der Waals surface area contributed by atoms with Crippen LogP contribution < -0.4 is 0 Å². The number of likely N-dealkylation sites (tertiary alicyclic amines) is 1. The Morgan fingerprint density at radius 2 is 2.30 bits per heavy atom. The molecule has 1 rings (SSSR count). The lowest BCUT2D eigenvalue weighted by Gasteiger charge is -2.31. The lowest BCUT2D eigenvalue weighted by molar-refractivity contribution is 0.300. The number of nitrogens with one attached hydrogen (secondary N) is 1. The average Bonchev–Trinajstić information content (AvgIpc) is 1.79. The van der Waals surface area contributed by atoms with Gasteiger partial charge in [0.05, 0.1) is 0 Å². The topological polar surface area (TPSA) is 27.1 Å². The van der Waals surface area contributed by atoms with Crippen LogP contribution in [0.25, 0.3) is 0 Å². The molecule has 2 nitrogen and oxygen atoms in total. The maximum Gasteiger partial charge on any atom is 0.120 e. The van der Waals surface area contributed by atoms with Gasteiger partial charge in [0, 0.05) is 18.4 Å². The second kappa shape index (κ2) is 3.76. The normalized spacial score (nSPS) is 17.5. The second-order valence-electron chi connectivity index (χ2n) is 2.28. The molecule has 56 valence electrons. The molecule has 0 radical (unpaired) electrons. The van der Waals surface area contributed by atoms with Gasteiger partial charge >= 0.3 is 0 Å². The molecule has 0 aliphatic carbocycles. The van der Waals surface area contributed by atoms with Crippen molar-refractivity contribution in [2.24, 2.45) is 0 Å². The quantitative estimate of drug-likeness (QED) is 0.412. The number of halogens is 1. The third kappa shape index (κ3) is 1.84. The summed E-state index contributed by atoms with van der Waals surface area (Å²) < 4.78 is 0. The summed E-state index contributed by atoms with van der Waals surface area (Å²) in [5.41, 5.74) is 0. The Kier molecular flexibility index (Phi) is 2.93. The Hall–Kier alpha value is -0.310. The summed E-state index contributed by atoms with van der Waals surface area (Å²) in [5, 5.41) is 8.30. The summed E-state index contributed by atoms with van der Waals surface area (Å²) in [6.07, 6.45) is 5.03. The number of allylic oxidation sites excluding steroid dienone is 1. The van der Waals surface area contributed by atoms with Crippen LogP contribution in [0.1, 0.15) is 6.42 Å². The van der Waals surface area contributed by atoms with Crippen LogP contribution in [0.15, 0.2) is 12.2 Å². The minimum atomic E-state index is 0.644. The Morgan fingerprint density at radius 1 is 1.60 bits per heavy atom. The first-order chi connectivity index (χ1) is 4.84. The molecule has 0 spiro atoms. The standard InChI is InChI=1S/C7H11BrN2/c8-4-1-3-7(9)10-5-2-6-10/h1,3,9H,2,4-6H2/b3-1+,9-7?. The van der Waals surface area contributed by atoms with E-state index in [1.807, 2.05) is 12.2 Å². The van der Waals surface area contributed by atoms with Crippen molar-refractivity contribution >= 4 is 21.8 Å². The molecule has 1 N–H and O–H groups in total. The summed E-state index contributed by atoms with van der Waals surface area (Å²) in [4.78, 5) is 2.05. The molecule has 0 amide bonds. The lowest BCUT2D eigenvalue weighted by Crippen LogP contribution is -2.40. The first kappa shape index (κ1) is 7.79. The highest BCUT2D eigenvalue weighted by atomic mass is 79.9. The Balaban J connectivity index is 2.26. The Bertz CT molecular complexity index is 150. The highest BCUT2D eigenvalue weighted by Crippen LogP contribution is 2.06. The van der Waals surface area contributed by atoms with Crippen LogP contribution >= 0.6 is 15.9 Å². The van der Waals surface area contributed by atoms with Gasteiger partial charge in [-0.05, 0) is 12.5 Å². The highest BCUT2D eigenvalue weighted by Gasteiger charge is 2.14. The molecule has 0 aromatic rings. The minimum absolute atomic E-state index is 0.644. The molecule has 10 heavy (non-hydrogen) atoms. The van der Waals surface area contributed by atoms with Crippen molar-refractivity contribution in [3.8, 4) is 0 Å². The maximum absolute atomic E-state index is 7.47. The van der Waals surface area contributed by atoms with Gasteiger partial charge in [-0.3, -0.25) is 5.41 Å². The fourth-order valence-corrected chi connectivity index (χ4v) is 1.01. The molecule has 3 heteroatoms. The van der Waals surface area contributed by atoms with E-state index >= 15 is 0 Å². The summed E-state index contributed by atoms with van der Waals surface area (Å²) in [6, 6.07) is 0. The molecule has 1 fully saturated rings. The van der Waals surface area contributed by atoms with Crippen LogP contribution in [0.5, 0.6) is 0 Å². The number of alkyl halides is 1. The van der Waals surface area contributed by atoms with Gasteiger partial charge in [-0.1, -0.05) is 22.0 Å². The van der Waals surface area contributed by atoms with Crippen molar-refractivity contribution in [1.29, 1.82) is 5.41 Å². The van der Waals surface area contributed by atoms with Crippen molar-refractivity contribution in [3.63, 3.8) is 0 Å². The lowest BCUT2D eigenvalue weighted by atomic mass is 10.2. The molecular formula is C7H11BrN2. The van der Waals surface area contributed by atoms with E-state index in [9.17, 15) is 0 Å². The van der Waals surface area contributed by atoms with Crippen LogP contribution in [0.3, 0.4) is 0 Å². The summed E-state index contributed by atoms with van der Waals surface area (Å²) >= 11 is 3.26. The molecule has 0 unspecified atom stereocenters. The van der Waals surface area contributed by atoms with Gasteiger partial charge < -0.3 is 4.90 Å². The third-order valence-corrected chi connectivity index (χ3v) is 1.94. The Labute approximate surface area is 69.5 Å². The molecule has 0 bridgehead atoms. The molecule has 1 aliphatic rings. The SMILES string of the molecule is N=C(/C=C/CBr)N1CCC1. The summed E-state index contributed by atoms with van der Waals surface area (Å²) in [7, 11) is 0. The fourth-order valence-electron chi connectivity index (χ4n) is 0.819. The van der Waals surface area contributed by atoms with Gasteiger partial charge in [-0.15, -0.1) is 0 Å². The molecule has 1 aliphatic heterocycles. The van der Waals surface area contributed by atoms with Gasteiger partial charge in [-0.2, -0.15) is 0 Å². The second-order valence-corrected chi connectivity index (χ2v) is 2.93. The van der Waals surface area contributed by atoms with E-state index in [0.29, 0.717) is 5.84 Å². The zero-order chi connectivity index (χ0) is 7.40. The third-order valence-electron chi connectivity index (χ3n) is 1.56. The van der Waals surface area contributed by atoms with Crippen molar-refractivity contribution in [1.82, 2.24) is 4.90 Å². The number of rotatable bonds is 2. The van der Waals surface area contributed by atoms with E-state index in [1.165, 1.54) is 6.42 Å². The van der Waals surface area contributed by atoms with Crippen LogP contribution in [-0.4, -0.2) is 29.2 Å². The number of nitrogens with zero attached hydrogens (tertiary/aromatic N) is 1. The molecular weight excluding hydrogens is 192 g/mol. The van der Waals surface area contributed by atoms with Crippen molar-refractivity contribution in [3.05, 3.63) is 12.2 Å². The highest BCUT2D eigenvalue weighted by molar-refractivity contribution is 9.09. The van der Waals surface area contributed by atoms with Crippen LogP contribution in [0.2, 0.25) is 0 Å². The van der Waals surface area contributed by atoms with Crippen molar-refractivity contribution in [2.75, 3.05) is 18.4 Å². The first-order valence-electron chi connectivity index (χ1n) is 3.40. The van der Waals surface area contributed by atoms with Crippen LogP contribution in [-0.2, 0) is 0 Å².